The third kappa shape index (κ3) is 3.98. The van der Waals surface area contributed by atoms with Gasteiger partial charge in [-0.25, -0.2) is 0 Å². The summed E-state index contributed by atoms with van der Waals surface area (Å²) in [6.07, 6.45) is 5.29. The average Bonchev–Trinajstić information content (AvgIpc) is 2.33. The van der Waals surface area contributed by atoms with Gasteiger partial charge in [-0.05, 0) is 77.6 Å². The van der Waals surface area contributed by atoms with Gasteiger partial charge in [0.05, 0.1) is 0 Å². The summed E-state index contributed by atoms with van der Waals surface area (Å²) < 4.78 is 1.18. The molecule has 1 aliphatic rings. The van der Waals surface area contributed by atoms with E-state index < -0.39 is 0 Å². The van der Waals surface area contributed by atoms with Crippen LogP contribution in [-0.2, 0) is 0 Å². The van der Waals surface area contributed by atoms with Gasteiger partial charge in [0, 0.05) is 16.2 Å². The van der Waals surface area contributed by atoms with Crippen molar-refractivity contribution in [2.24, 2.45) is 11.3 Å². The fourth-order valence-corrected chi connectivity index (χ4v) is 3.43. The van der Waals surface area contributed by atoms with Crippen molar-refractivity contribution in [3.8, 4) is 0 Å². The smallest absolute Gasteiger partial charge is 0.0489 e. The lowest BCUT2D eigenvalue weighted by molar-refractivity contribution is 0.173. The van der Waals surface area contributed by atoms with Gasteiger partial charge >= 0.3 is 0 Å². The van der Waals surface area contributed by atoms with Crippen molar-refractivity contribution in [1.29, 1.82) is 0 Å². The highest BCUT2D eigenvalue weighted by molar-refractivity contribution is 9.10. The Kier molecular flexibility index (Phi) is 4.60. The molecule has 1 N–H and O–H groups in total. The fourth-order valence-electron chi connectivity index (χ4n) is 3.07. The number of hydrogen-bond acceptors (Lipinski definition) is 1. The second-order valence-corrected chi connectivity index (χ2v) is 7.90. The summed E-state index contributed by atoms with van der Waals surface area (Å²) in [4.78, 5) is 0. The number of halogens is 1. The molecule has 0 heterocycles. The van der Waals surface area contributed by atoms with Crippen LogP contribution in [0.15, 0.2) is 22.7 Å². The van der Waals surface area contributed by atoms with Crippen LogP contribution < -0.4 is 5.32 Å². The van der Waals surface area contributed by atoms with E-state index >= 15 is 0 Å². The van der Waals surface area contributed by atoms with E-state index in [2.05, 4.69) is 67.1 Å². The topological polar surface area (TPSA) is 12.0 Å². The molecule has 1 aromatic carbocycles. The molecule has 0 atom stereocenters. The predicted molar refractivity (Wildman–Crippen MR) is 87.7 cm³/mol. The summed E-state index contributed by atoms with van der Waals surface area (Å²) in [5.74, 6) is 0.881. The van der Waals surface area contributed by atoms with Gasteiger partial charge in [-0.1, -0.05) is 26.8 Å². The predicted octanol–water partition coefficient (Wildman–Crippen LogP) is 5.77. The minimum absolute atomic E-state index is 0.467. The van der Waals surface area contributed by atoms with Crippen LogP contribution >= 0.6 is 15.9 Å². The summed E-state index contributed by atoms with van der Waals surface area (Å²) in [7, 11) is 0. The van der Waals surface area contributed by atoms with Crippen molar-refractivity contribution in [2.75, 3.05) is 5.32 Å². The maximum Gasteiger partial charge on any atom is 0.0489 e. The van der Waals surface area contributed by atoms with E-state index in [4.69, 9.17) is 0 Å². The zero-order chi connectivity index (χ0) is 14.0. The van der Waals surface area contributed by atoms with Crippen LogP contribution in [0.5, 0.6) is 0 Å². The molecule has 0 spiro atoms. The summed E-state index contributed by atoms with van der Waals surface area (Å²) in [5.41, 5.74) is 3.03. The first-order valence-electron chi connectivity index (χ1n) is 7.39. The Bertz CT molecular complexity index is 425. The molecule has 0 aromatic heterocycles. The molecule has 19 heavy (non-hydrogen) atoms. The van der Waals surface area contributed by atoms with E-state index in [1.54, 1.807) is 0 Å². The van der Waals surface area contributed by atoms with Crippen LogP contribution in [0.2, 0.25) is 0 Å². The highest BCUT2D eigenvalue weighted by Crippen LogP contribution is 2.38. The number of benzene rings is 1. The maximum atomic E-state index is 3.72. The van der Waals surface area contributed by atoms with Crippen molar-refractivity contribution >= 4 is 21.6 Å². The molecule has 1 nitrogen and oxygen atoms in total. The van der Waals surface area contributed by atoms with Crippen LogP contribution in [0.4, 0.5) is 5.69 Å². The second-order valence-electron chi connectivity index (χ2n) is 7.04. The van der Waals surface area contributed by atoms with Gasteiger partial charge in [-0.15, -0.1) is 0 Å². The molecule has 2 rings (SSSR count). The van der Waals surface area contributed by atoms with Crippen LogP contribution in [-0.4, -0.2) is 6.04 Å². The fraction of sp³-hybridized carbons (Fsp3) is 0.647. The Labute approximate surface area is 126 Å². The summed E-state index contributed by atoms with van der Waals surface area (Å²) >= 11 is 3.64. The summed E-state index contributed by atoms with van der Waals surface area (Å²) in [5, 5.41) is 3.72. The first-order chi connectivity index (χ1) is 8.86. The van der Waals surface area contributed by atoms with Crippen molar-refractivity contribution in [3.63, 3.8) is 0 Å². The Morgan fingerprint density at radius 2 is 1.74 bits per heavy atom. The highest BCUT2D eigenvalue weighted by Gasteiger charge is 2.29. The highest BCUT2D eigenvalue weighted by atomic mass is 79.9. The average molecular weight is 324 g/mol. The lowest BCUT2D eigenvalue weighted by Crippen LogP contribution is -2.31. The Morgan fingerprint density at radius 3 is 2.32 bits per heavy atom. The molecule has 0 amide bonds. The monoisotopic (exact) mass is 323 g/mol. The summed E-state index contributed by atoms with van der Waals surface area (Å²) in [6, 6.07) is 7.15. The standard InChI is InChI=1S/C17H26BrN/c1-12-5-10-15(18)16(11-12)19-14-8-6-13(7-9-14)17(2,3)4/h5,10-11,13-14,19H,6-9H2,1-4H3. The van der Waals surface area contributed by atoms with E-state index in [-0.39, 0.29) is 0 Å². The van der Waals surface area contributed by atoms with Gasteiger partial charge < -0.3 is 5.32 Å². The normalized spacial score (nSPS) is 24.3. The van der Waals surface area contributed by atoms with E-state index in [9.17, 15) is 0 Å². The molecule has 2 heteroatoms. The van der Waals surface area contributed by atoms with Crippen molar-refractivity contribution in [1.82, 2.24) is 0 Å². The van der Waals surface area contributed by atoms with E-state index in [0.29, 0.717) is 11.5 Å². The Balaban J connectivity index is 1.94. The number of nitrogens with one attached hydrogen (secondary N) is 1. The van der Waals surface area contributed by atoms with E-state index in [1.165, 1.54) is 41.4 Å². The third-order valence-corrected chi connectivity index (χ3v) is 5.12. The number of hydrogen-bond donors (Lipinski definition) is 1. The molecule has 0 unspecified atom stereocenters. The van der Waals surface area contributed by atoms with Crippen molar-refractivity contribution < 1.29 is 0 Å². The second kappa shape index (κ2) is 5.87. The minimum atomic E-state index is 0.467. The van der Waals surface area contributed by atoms with Gasteiger partial charge in [0.25, 0.3) is 0 Å². The number of anilines is 1. The first kappa shape index (κ1) is 14.9. The lowest BCUT2D eigenvalue weighted by atomic mass is 9.71. The molecular formula is C17H26BrN. The molecule has 0 radical (unpaired) electrons. The van der Waals surface area contributed by atoms with Gasteiger partial charge in [-0.2, -0.15) is 0 Å². The van der Waals surface area contributed by atoms with Crippen LogP contribution in [0.3, 0.4) is 0 Å². The first-order valence-corrected chi connectivity index (χ1v) is 8.18. The van der Waals surface area contributed by atoms with Gasteiger partial charge in [-0.3, -0.25) is 0 Å². The molecular weight excluding hydrogens is 298 g/mol. The van der Waals surface area contributed by atoms with E-state index in [0.717, 1.165) is 5.92 Å². The van der Waals surface area contributed by atoms with E-state index in [1.807, 2.05) is 0 Å². The molecule has 1 fully saturated rings. The van der Waals surface area contributed by atoms with Crippen molar-refractivity contribution in [3.05, 3.63) is 28.2 Å². The van der Waals surface area contributed by atoms with Gasteiger partial charge in [0.2, 0.25) is 0 Å². The van der Waals surface area contributed by atoms with Crippen molar-refractivity contribution in [2.45, 2.75) is 59.4 Å². The Hall–Kier alpha value is -0.500. The quantitative estimate of drug-likeness (QED) is 0.728. The van der Waals surface area contributed by atoms with Crippen LogP contribution in [0.25, 0.3) is 0 Å². The van der Waals surface area contributed by atoms with Gasteiger partial charge in [0.1, 0.15) is 0 Å². The molecule has 0 bridgehead atoms. The number of rotatable bonds is 2. The zero-order valence-corrected chi connectivity index (χ0v) is 14.2. The molecule has 106 valence electrons. The molecule has 1 aromatic rings. The summed E-state index contributed by atoms with van der Waals surface area (Å²) in [6.45, 7) is 9.28. The zero-order valence-electron chi connectivity index (χ0n) is 12.6. The SMILES string of the molecule is Cc1ccc(Br)c(NC2CCC(C(C)(C)C)CC2)c1. The van der Waals surface area contributed by atoms with Crippen LogP contribution in [0, 0.1) is 18.3 Å². The van der Waals surface area contributed by atoms with Gasteiger partial charge in [0.15, 0.2) is 0 Å². The largest absolute Gasteiger partial charge is 0.381 e. The molecule has 0 saturated heterocycles. The lowest BCUT2D eigenvalue weighted by Gasteiger charge is -2.37. The number of aryl methyl sites for hydroxylation is 1. The Morgan fingerprint density at radius 1 is 1.11 bits per heavy atom. The molecule has 0 aliphatic heterocycles. The third-order valence-electron chi connectivity index (χ3n) is 4.43. The maximum absolute atomic E-state index is 3.72. The minimum Gasteiger partial charge on any atom is -0.381 e. The molecule has 1 aliphatic carbocycles. The van der Waals surface area contributed by atoms with Crippen LogP contribution in [0.1, 0.15) is 52.0 Å². The molecule has 1 saturated carbocycles.